The highest BCUT2D eigenvalue weighted by Crippen LogP contribution is 2.23. The third kappa shape index (κ3) is 4.17. The lowest BCUT2D eigenvalue weighted by atomic mass is 10.2. The van der Waals surface area contributed by atoms with Gasteiger partial charge in [-0.3, -0.25) is 4.98 Å². The molecule has 0 unspecified atom stereocenters. The van der Waals surface area contributed by atoms with Gasteiger partial charge in [-0.15, -0.1) is 0 Å². The van der Waals surface area contributed by atoms with E-state index in [1.165, 1.54) is 6.33 Å². The molecule has 0 aliphatic heterocycles. The van der Waals surface area contributed by atoms with E-state index < -0.39 is 0 Å². The summed E-state index contributed by atoms with van der Waals surface area (Å²) < 4.78 is 0. The summed E-state index contributed by atoms with van der Waals surface area (Å²) >= 11 is 6.04. The molecule has 2 aromatic heterocycles. The Bertz CT molecular complexity index is 792. The van der Waals surface area contributed by atoms with Crippen molar-refractivity contribution in [3.8, 4) is 0 Å². The van der Waals surface area contributed by atoms with Crippen LogP contribution in [0.1, 0.15) is 11.3 Å². The first-order chi connectivity index (χ1) is 11.2. The van der Waals surface area contributed by atoms with Gasteiger partial charge < -0.3 is 10.6 Å². The number of hydrogen-bond acceptors (Lipinski definition) is 5. The predicted octanol–water partition coefficient (Wildman–Crippen LogP) is 4.19. The molecule has 0 radical (unpaired) electrons. The van der Waals surface area contributed by atoms with Crippen molar-refractivity contribution in [2.45, 2.75) is 13.5 Å². The average Bonchev–Trinajstić information content (AvgIpc) is 2.58. The van der Waals surface area contributed by atoms with Crippen molar-refractivity contribution in [3.63, 3.8) is 0 Å². The van der Waals surface area contributed by atoms with Crippen molar-refractivity contribution in [2.24, 2.45) is 0 Å². The van der Waals surface area contributed by atoms with Gasteiger partial charge in [0.05, 0.1) is 12.2 Å². The van der Waals surface area contributed by atoms with E-state index in [4.69, 9.17) is 11.6 Å². The molecule has 0 saturated carbocycles. The third-order valence-corrected chi connectivity index (χ3v) is 3.54. The third-order valence-electron chi connectivity index (χ3n) is 3.31. The van der Waals surface area contributed by atoms with Crippen LogP contribution in [-0.2, 0) is 6.54 Å². The van der Waals surface area contributed by atoms with Crippen LogP contribution in [0.5, 0.6) is 0 Å². The number of halogens is 1. The molecule has 0 saturated heterocycles. The quantitative estimate of drug-likeness (QED) is 0.736. The first-order valence-electron chi connectivity index (χ1n) is 7.20. The van der Waals surface area contributed by atoms with Gasteiger partial charge in [0.25, 0.3) is 0 Å². The molecule has 0 fully saturated rings. The molecule has 3 rings (SSSR count). The van der Waals surface area contributed by atoms with Gasteiger partial charge in [-0.2, -0.15) is 0 Å². The molecule has 3 aromatic rings. The molecular weight excluding hydrogens is 310 g/mol. The highest BCUT2D eigenvalue weighted by atomic mass is 35.5. The van der Waals surface area contributed by atoms with E-state index in [0.29, 0.717) is 17.4 Å². The van der Waals surface area contributed by atoms with Crippen LogP contribution in [-0.4, -0.2) is 15.0 Å². The summed E-state index contributed by atoms with van der Waals surface area (Å²) in [5.74, 6) is 1.43. The molecule has 0 bridgehead atoms. The van der Waals surface area contributed by atoms with Crippen molar-refractivity contribution >= 4 is 28.9 Å². The fourth-order valence-corrected chi connectivity index (χ4v) is 2.25. The molecule has 2 heterocycles. The Morgan fingerprint density at radius 1 is 1.00 bits per heavy atom. The maximum Gasteiger partial charge on any atom is 0.135 e. The number of aromatic nitrogens is 3. The fourth-order valence-electron chi connectivity index (χ4n) is 2.07. The first kappa shape index (κ1) is 15.2. The van der Waals surface area contributed by atoms with Gasteiger partial charge in [0.2, 0.25) is 0 Å². The summed E-state index contributed by atoms with van der Waals surface area (Å²) in [5, 5.41) is 7.18. The van der Waals surface area contributed by atoms with E-state index in [-0.39, 0.29) is 0 Å². The van der Waals surface area contributed by atoms with Crippen LogP contribution in [0.15, 0.2) is 55.0 Å². The molecule has 6 heteroatoms. The average molecular weight is 326 g/mol. The van der Waals surface area contributed by atoms with Crippen LogP contribution in [0.4, 0.5) is 17.3 Å². The van der Waals surface area contributed by atoms with E-state index in [9.17, 15) is 0 Å². The maximum absolute atomic E-state index is 6.04. The Morgan fingerprint density at radius 3 is 2.70 bits per heavy atom. The van der Waals surface area contributed by atoms with Crippen LogP contribution < -0.4 is 10.6 Å². The van der Waals surface area contributed by atoms with Gasteiger partial charge in [0.15, 0.2) is 0 Å². The molecule has 0 spiro atoms. The number of pyridine rings is 1. The topological polar surface area (TPSA) is 62.7 Å². The molecule has 23 heavy (non-hydrogen) atoms. The lowest BCUT2D eigenvalue weighted by Gasteiger charge is -2.10. The lowest BCUT2D eigenvalue weighted by molar-refractivity contribution is 1.02. The summed E-state index contributed by atoms with van der Waals surface area (Å²) in [7, 11) is 0. The van der Waals surface area contributed by atoms with Crippen molar-refractivity contribution in [2.75, 3.05) is 10.6 Å². The Hall–Kier alpha value is -2.66. The number of benzene rings is 1. The molecule has 5 nitrogen and oxygen atoms in total. The summed E-state index contributed by atoms with van der Waals surface area (Å²) in [6.07, 6.45) is 3.29. The molecule has 0 amide bonds. The first-order valence-corrected chi connectivity index (χ1v) is 7.57. The molecule has 116 valence electrons. The monoisotopic (exact) mass is 325 g/mol. The SMILES string of the molecule is Cc1ccc(Cl)cc1Nc1cc(NCc2ccccn2)ncn1. The Kier molecular flexibility index (Phi) is 4.68. The summed E-state index contributed by atoms with van der Waals surface area (Å²) in [6, 6.07) is 13.4. The molecule has 0 aliphatic carbocycles. The zero-order chi connectivity index (χ0) is 16.1. The summed E-state index contributed by atoms with van der Waals surface area (Å²) in [5.41, 5.74) is 2.97. The Morgan fingerprint density at radius 2 is 1.87 bits per heavy atom. The van der Waals surface area contributed by atoms with Gasteiger partial charge in [0.1, 0.15) is 18.0 Å². The zero-order valence-electron chi connectivity index (χ0n) is 12.6. The van der Waals surface area contributed by atoms with E-state index in [2.05, 4.69) is 25.6 Å². The second-order valence-corrected chi connectivity index (χ2v) is 5.48. The number of hydrogen-bond donors (Lipinski definition) is 2. The standard InChI is InChI=1S/C17H16ClN5/c1-12-5-6-13(18)8-15(12)23-17-9-16(21-11-22-17)20-10-14-4-2-3-7-19-14/h2-9,11H,10H2,1H3,(H2,20,21,22,23). The van der Waals surface area contributed by atoms with E-state index in [1.807, 2.05) is 49.4 Å². The zero-order valence-corrected chi connectivity index (χ0v) is 13.4. The number of rotatable bonds is 5. The van der Waals surface area contributed by atoms with E-state index in [1.54, 1.807) is 6.20 Å². The molecule has 0 aliphatic rings. The normalized spacial score (nSPS) is 10.3. The van der Waals surface area contributed by atoms with Gasteiger partial charge in [0, 0.05) is 23.0 Å². The van der Waals surface area contributed by atoms with Crippen LogP contribution in [0.2, 0.25) is 5.02 Å². The van der Waals surface area contributed by atoms with Crippen molar-refractivity contribution in [1.82, 2.24) is 15.0 Å². The predicted molar refractivity (Wildman–Crippen MR) is 93.1 cm³/mol. The summed E-state index contributed by atoms with van der Waals surface area (Å²) in [4.78, 5) is 12.7. The minimum absolute atomic E-state index is 0.605. The van der Waals surface area contributed by atoms with E-state index in [0.717, 1.165) is 22.8 Å². The van der Waals surface area contributed by atoms with Gasteiger partial charge >= 0.3 is 0 Å². The van der Waals surface area contributed by atoms with Crippen LogP contribution in [0, 0.1) is 6.92 Å². The maximum atomic E-state index is 6.04. The second-order valence-electron chi connectivity index (χ2n) is 5.05. The highest BCUT2D eigenvalue weighted by Gasteiger charge is 2.03. The van der Waals surface area contributed by atoms with Crippen molar-refractivity contribution in [1.29, 1.82) is 0 Å². The molecule has 1 aromatic carbocycles. The van der Waals surface area contributed by atoms with Crippen LogP contribution in [0.3, 0.4) is 0 Å². The number of nitrogens with one attached hydrogen (secondary N) is 2. The fraction of sp³-hybridized carbons (Fsp3) is 0.118. The number of anilines is 3. The van der Waals surface area contributed by atoms with Gasteiger partial charge in [-0.25, -0.2) is 9.97 Å². The smallest absolute Gasteiger partial charge is 0.135 e. The number of aryl methyl sites for hydroxylation is 1. The molecule has 2 N–H and O–H groups in total. The number of nitrogens with zero attached hydrogens (tertiary/aromatic N) is 3. The van der Waals surface area contributed by atoms with Crippen LogP contribution >= 0.6 is 11.6 Å². The minimum Gasteiger partial charge on any atom is -0.364 e. The van der Waals surface area contributed by atoms with Crippen LogP contribution in [0.25, 0.3) is 0 Å². The summed E-state index contributed by atoms with van der Waals surface area (Å²) in [6.45, 7) is 2.62. The van der Waals surface area contributed by atoms with Crippen molar-refractivity contribution < 1.29 is 0 Å². The molecule has 0 atom stereocenters. The Labute approximate surface area is 139 Å². The Balaban J connectivity index is 1.71. The minimum atomic E-state index is 0.605. The highest BCUT2D eigenvalue weighted by molar-refractivity contribution is 6.30. The second kappa shape index (κ2) is 7.07. The van der Waals surface area contributed by atoms with Crippen molar-refractivity contribution in [3.05, 3.63) is 71.3 Å². The lowest BCUT2D eigenvalue weighted by Crippen LogP contribution is -2.04. The molecular formula is C17H16ClN5. The largest absolute Gasteiger partial charge is 0.364 e. The van der Waals surface area contributed by atoms with E-state index >= 15 is 0 Å². The van der Waals surface area contributed by atoms with Gasteiger partial charge in [-0.1, -0.05) is 23.7 Å². The van der Waals surface area contributed by atoms with Gasteiger partial charge in [-0.05, 0) is 36.8 Å².